The lowest BCUT2D eigenvalue weighted by Crippen LogP contribution is -1.77. The summed E-state index contributed by atoms with van der Waals surface area (Å²) in [6.07, 6.45) is 0. The Morgan fingerprint density at radius 1 is 0.722 bits per heavy atom. The predicted octanol–water partition coefficient (Wildman–Crippen LogP) is 6.85. The third-order valence-corrected chi connectivity index (χ3v) is 4.75. The van der Waals surface area contributed by atoms with Gasteiger partial charge in [-0.25, -0.2) is 0 Å². The van der Waals surface area contributed by atoms with E-state index in [4.69, 9.17) is 62.4 Å². The Morgan fingerprint density at radius 3 is 2.11 bits per heavy atom. The quantitative estimate of drug-likeness (QED) is 0.322. The van der Waals surface area contributed by atoms with E-state index in [1.807, 2.05) is 6.07 Å². The average Bonchev–Trinajstić information content (AvgIpc) is 2.75. The largest absolute Gasteiger partial charge is 0.453 e. The molecule has 1 nitrogen and oxygen atoms in total. The molecule has 0 N–H and O–H groups in total. The monoisotopic (exact) mass is 338 g/mol. The van der Waals surface area contributed by atoms with Gasteiger partial charge in [0.1, 0.15) is 5.02 Å². The molecule has 18 heavy (non-hydrogen) atoms. The SMILES string of the molecule is Clc1c(Cl)c(Cl)c2c(oc3c(Cl)cccc32)c1Cl. The number of rotatable bonds is 0. The molecular weight excluding hydrogens is 337 g/mol. The number of furan rings is 1. The van der Waals surface area contributed by atoms with Crippen LogP contribution in [-0.4, -0.2) is 0 Å². The molecule has 0 aliphatic heterocycles. The van der Waals surface area contributed by atoms with Crippen molar-refractivity contribution in [3.8, 4) is 0 Å². The van der Waals surface area contributed by atoms with Crippen LogP contribution in [0.5, 0.6) is 0 Å². The van der Waals surface area contributed by atoms with E-state index in [9.17, 15) is 0 Å². The first-order valence-electron chi connectivity index (χ1n) is 4.85. The molecule has 0 radical (unpaired) electrons. The lowest BCUT2D eigenvalue weighted by molar-refractivity contribution is 0.669. The number of hydrogen-bond donors (Lipinski definition) is 0. The van der Waals surface area contributed by atoms with Crippen molar-refractivity contribution in [2.24, 2.45) is 0 Å². The highest BCUT2D eigenvalue weighted by atomic mass is 35.5. The van der Waals surface area contributed by atoms with E-state index < -0.39 is 0 Å². The Morgan fingerprint density at radius 2 is 1.39 bits per heavy atom. The summed E-state index contributed by atoms with van der Waals surface area (Å²) in [6.45, 7) is 0. The first-order chi connectivity index (χ1) is 8.52. The third-order valence-electron chi connectivity index (χ3n) is 2.66. The molecule has 0 atom stereocenters. The van der Waals surface area contributed by atoms with Gasteiger partial charge in [0.2, 0.25) is 0 Å². The van der Waals surface area contributed by atoms with Crippen LogP contribution in [0.4, 0.5) is 0 Å². The summed E-state index contributed by atoms with van der Waals surface area (Å²) in [5.41, 5.74) is 0.899. The summed E-state index contributed by atoms with van der Waals surface area (Å²) in [5, 5.41) is 2.76. The maximum atomic E-state index is 6.20. The molecule has 3 aromatic rings. The van der Waals surface area contributed by atoms with Gasteiger partial charge in [0.05, 0.1) is 25.5 Å². The van der Waals surface area contributed by atoms with E-state index >= 15 is 0 Å². The molecule has 0 aliphatic carbocycles. The summed E-state index contributed by atoms with van der Waals surface area (Å²) < 4.78 is 5.64. The molecule has 0 unspecified atom stereocenters. The maximum absolute atomic E-state index is 6.20. The number of benzene rings is 2. The van der Waals surface area contributed by atoms with E-state index in [1.54, 1.807) is 12.1 Å². The van der Waals surface area contributed by atoms with Crippen molar-refractivity contribution in [2.75, 3.05) is 0 Å². The van der Waals surface area contributed by atoms with Crippen molar-refractivity contribution in [1.29, 1.82) is 0 Å². The van der Waals surface area contributed by atoms with Crippen LogP contribution >= 0.6 is 58.0 Å². The van der Waals surface area contributed by atoms with Crippen molar-refractivity contribution in [3.63, 3.8) is 0 Å². The fourth-order valence-electron chi connectivity index (χ4n) is 1.86. The Bertz CT molecular complexity index is 790. The zero-order valence-electron chi connectivity index (χ0n) is 8.53. The van der Waals surface area contributed by atoms with Gasteiger partial charge in [0.25, 0.3) is 0 Å². The van der Waals surface area contributed by atoms with Crippen LogP contribution in [0.15, 0.2) is 22.6 Å². The van der Waals surface area contributed by atoms with Gasteiger partial charge in [-0.3, -0.25) is 0 Å². The topological polar surface area (TPSA) is 13.1 Å². The summed E-state index contributed by atoms with van der Waals surface area (Å²) in [4.78, 5) is 0. The molecule has 0 saturated heterocycles. The molecule has 0 aliphatic rings. The molecule has 0 amide bonds. The van der Waals surface area contributed by atoms with Crippen LogP contribution in [-0.2, 0) is 0 Å². The Hall–Kier alpha value is -0.310. The second kappa shape index (κ2) is 4.36. The number of halogens is 5. The minimum absolute atomic E-state index is 0.172. The Labute approximate surface area is 127 Å². The van der Waals surface area contributed by atoms with Gasteiger partial charge in [-0.05, 0) is 6.07 Å². The fourth-order valence-corrected chi connectivity index (χ4v) is 3.05. The Balaban J connectivity index is 2.67. The van der Waals surface area contributed by atoms with Crippen molar-refractivity contribution in [3.05, 3.63) is 43.3 Å². The normalized spacial score (nSPS) is 11.6. The second-order valence-corrected chi connectivity index (χ2v) is 5.60. The second-order valence-electron chi connectivity index (χ2n) is 3.68. The van der Waals surface area contributed by atoms with Gasteiger partial charge in [0, 0.05) is 5.39 Å². The smallest absolute Gasteiger partial charge is 0.157 e. The summed E-state index contributed by atoms with van der Waals surface area (Å²) in [6, 6.07) is 5.35. The Kier molecular flexibility index (Phi) is 3.08. The van der Waals surface area contributed by atoms with E-state index in [0.29, 0.717) is 26.6 Å². The van der Waals surface area contributed by atoms with Crippen LogP contribution in [0.1, 0.15) is 0 Å². The van der Waals surface area contributed by atoms with Crippen LogP contribution < -0.4 is 0 Å². The van der Waals surface area contributed by atoms with Crippen LogP contribution in [0.25, 0.3) is 21.9 Å². The summed E-state index contributed by atoms with van der Waals surface area (Å²) in [5.74, 6) is 0. The number of fused-ring (bicyclic) bond motifs is 3. The van der Waals surface area contributed by atoms with E-state index in [0.717, 1.165) is 5.39 Å². The first-order valence-corrected chi connectivity index (χ1v) is 6.74. The zero-order valence-corrected chi connectivity index (χ0v) is 12.3. The lowest BCUT2D eigenvalue weighted by atomic mass is 10.1. The summed E-state index contributed by atoms with van der Waals surface area (Å²) in [7, 11) is 0. The van der Waals surface area contributed by atoms with E-state index in [1.165, 1.54) is 0 Å². The highest BCUT2D eigenvalue weighted by Gasteiger charge is 2.21. The fraction of sp³-hybridized carbons (Fsp3) is 0. The molecule has 0 fully saturated rings. The molecular formula is C12H3Cl5O. The molecule has 6 heteroatoms. The van der Waals surface area contributed by atoms with Crippen molar-refractivity contribution in [1.82, 2.24) is 0 Å². The molecule has 3 rings (SSSR count). The molecule has 1 heterocycles. The van der Waals surface area contributed by atoms with Gasteiger partial charge in [-0.2, -0.15) is 0 Å². The van der Waals surface area contributed by atoms with Gasteiger partial charge in [-0.15, -0.1) is 0 Å². The average molecular weight is 340 g/mol. The zero-order chi connectivity index (χ0) is 13.0. The predicted molar refractivity (Wildman–Crippen MR) is 78.8 cm³/mol. The first kappa shape index (κ1) is 12.7. The van der Waals surface area contributed by atoms with Crippen LogP contribution in [0.2, 0.25) is 25.1 Å². The van der Waals surface area contributed by atoms with Crippen LogP contribution in [0, 0.1) is 0 Å². The lowest BCUT2D eigenvalue weighted by Gasteiger charge is -2.03. The minimum atomic E-state index is 0.172. The third kappa shape index (κ3) is 1.62. The van der Waals surface area contributed by atoms with Crippen molar-refractivity contribution in [2.45, 2.75) is 0 Å². The van der Waals surface area contributed by atoms with Crippen molar-refractivity contribution >= 4 is 79.9 Å². The van der Waals surface area contributed by atoms with Gasteiger partial charge in [0.15, 0.2) is 11.2 Å². The van der Waals surface area contributed by atoms with Crippen LogP contribution in [0.3, 0.4) is 0 Å². The molecule has 1 aromatic heterocycles. The highest BCUT2D eigenvalue weighted by Crippen LogP contribution is 2.47. The summed E-state index contributed by atoms with van der Waals surface area (Å²) >= 11 is 30.4. The minimum Gasteiger partial charge on any atom is -0.453 e. The van der Waals surface area contributed by atoms with Crippen molar-refractivity contribution < 1.29 is 4.42 Å². The number of hydrogen-bond acceptors (Lipinski definition) is 1. The molecule has 0 bridgehead atoms. The molecule has 0 spiro atoms. The molecule has 2 aromatic carbocycles. The van der Waals surface area contributed by atoms with E-state index in [2.05, 4.69) is 0 Å². The standard InChI is InChI=1S/C12H3Cl5O/c13-5-3-1-2-4-6-7(14)8(15)9(16)10(17)12(6)18-11(4)5/h1-3H. The maximum Gasteiger partial charge on any atom is 0.157 e. The number of para-hydroxylation sites is 1. The van der Waals surface area contributed by atoms with Gasteiger partial charge < -0.3 is 4.42 Å². The van der Waals surface area contributed by atoms with E-state index in [-0.39, 0.29) is 15.1 Å². The molecule has 92 valence electrons. The highest BCUT2D eigenvalue weighted by molar-refractivity contribution is 6.56. The van der Waals surface area contributed by atoms with Gasteiger partial charge >= 0.3 is 0 Å². The molecule has 0 saturated carbocycles. The van der Waals surface area contributed by atoms with Gasteiger partial charge in [-0.1, -0.05) is 70.1 Å².